The fourth-order valence-electron chi connectivity index (χ4n) is 1.49. The molecule has 2 aromatic heterocycles. The van der Waals surface area contributed by atoms with Crippen LogP contribution in [0.3, 0.4) is 0 Å². The molecule has 0 bridgehead atoms. The Hall–Kier alpha value is -0.920. The summed E-state index contributed by atoms with van der Waals surface area (Å²) >= 11 is 8.04. The summed E-state index contributed by atoms with van der Waals surface area (Å²) in [5.41, 5.74) is 0.467. The first-order valence-electron chi connectivity index (χ1n) is 5.64. The van der Waals surface area contributed by atoms with Crippen LogP contribution in [-0.2, 0) is 5.60 Å². The van der Waals surface area contributed by atoms with Gasteiger partial charge in [0, 0.05) is 12.3 Å². The summed E-state index contributed by atoms with van der Waals surface area (Å²) in [4.78, 5) is 8.38. The molecule has 0 fully saturated rings. The van der Waals surface area contributed by atoms with Crippen LogP contribution in [0.15, 0.2) is 30.5 Å². The fraction of sp³-hybridized carbons (Fsp3) is 0.231. The molecule has 0 atom stereocenters. The van der Waals surface area contributed by atoms with Crippen molar-refractivity contribution in [2.24, 2.45) is 0 Å². The van der Waals surface area contributed by atoms with Crippen molar-refractivity contribution in [2.45, 2.75) is 19.4 Å². The number of nitrogens with zero attached hydrogens (tertiary/aromatic N) is 2. The summed E-state index contributed by atoms with van der Waals surface area (Å²) in [6.45, 7) is 3.40. The van der Waals surface area contributed by atoms with Crippen molar-refractivity contribution in [2.75, 3.05) is 5.32 Å². The van der Waals surface area contributed by atoms with Crippen molar-refractivity contribution in [1.29, 1.82) is 0 Å². The molecule has 0 aliphatic carbocycles. The lowest BCUT2D eigenvalue weighted by atomic mass is 10.1. The lowest BCUT2D eigenvalue weighted by Gasteiger charge is -2.17. The van der Waals surface area contributed by atoms with Gasteiger partial charge in [0.15, 0.2) is 0 Å². The lowest BCUT2D eigenvalue weighted by molar-refractivity contribution is 0.0740. The summed E-state index contributed by atoms with van der Waals surface area (Å²) < 4.78 is 0.942. The molecule has 2 heterocycles. The van der Waals surface area contributed by atoms with E-state index in [1.54, 1.807) is 32.2 Å². The molecule has 4 nitrogen and oxygen atoms in total. The molecule has 0 spiro atoms. The van der Waals surface area contributed by atoms with Crippen molar-refractivity contribution in [3.8, 4) is 0 Å². The molecule has 6 heteroatoms. The van der Waals surface area contributed by atoms with Gasteiger partial charge in [0.05, 0.1) is 15.0 Å². The minimum atomic E-state index is -0.971. The summed E-state index contributed by atoms with van der Waals surface area (Å²) in [5.74, 6) is 0.653. The van der Waals surface area contributed by atoms with Gasteiger partial charge >= 0.3 is 0 Å². The summed E-state index contributed by atoms with van der Waals surface area (Å²) in [5, 5.41) is 13.5. The zero-order valence-electron chi connectivity index (χ0n) is 10.5. The van der Waals surface area contributed by atoms with Crippen LogP contribution in [0.25, 0.3) is 0 Å². The van der Waals surface area contributed by atoms with Gasteiger partial charge in [-0.05, 0) is 48.6 Å². The minimum absolute atomic E-state index is 0.418. The van der Waals surface area contributed by atoms with Crippen molar-refractivity contribution in [1.82, 2.24) is 9.97 Å². The quantitative estimate of drug-likeness (QED) is 0.621. The number of halogens is 2. The topological polar surface area (TPSA) is 58.0 Å². The molecule has 2 rings (SSSR count). The van der Waals surface area contributed by atoms with E-state index in [9.17, 15) is 5.11 Å². The van der Waals surface area contributed by atoms with Crippen LogP contribution in [0.1, 0.15) is 19.5 Å². The number of aliphatic hydroxyl groups is 1. The highest BCUT2D eigenvalue weighted by atomic mass is 127. The third kappa shape index (κ3) is 3.77. The van der Waals surface area contributed by atoms with Crippen molar-refractivity contribution in [3.05, 3.63) is 44.9 Å². The molecule has 0 saturated heterocycles. The predicted octanol–water partition coefficient (Wildman–Crippen LogP) is 3.71. The van der Waals surface area contributed by atoms with E-state index in [4.69, 9.17) is 11.6 Å². The van der Waals surface area contributed by atoms with Gasteiger partial charge in [0.1, 0.15) is 16.6 Å². The first-order chi connectivity index (χ1) is 8.86. The smallest absolute Gasteiger partial charge is 0.131 e. The second-order valence-corrected chi connectivity index (χ2v) is 6.13. The van der Waals surface area contributed by atoms with Gasteiger partial charge in [-0.3, -0.25) is 0 Å². The first-order valence-corrected chi connectivity index (χ1v) is 7.10. The average molecular weight is 390 g/mol. The Morgan fingerprint density at radius 2 is 2.11 bits per heavy atom. The van der Waals surface area contributed by atoms with Gasteiger partial charge in [0.25, 0.3) is 0 Å². The van der Waals surface area contributed by atoms with Gasteiger partial charge in [-0.15, -0.1) is 0 Å². The molecule has 0 amide bonds. The Labute approximate surface area is 130 Å². The molecule has 0 radical (unpaired) electrons. The Balaban J connectivity index is 2.31. The maximum absolute atomic E-state index is 9.96. The molecule has 0 aliphatic rings. The fourth-order valence-corrected chi connectivity index (χ4v) is 2.08. The molecule has 0 aromatic carbocycles. The SMILES string of the molecule is CC(C)(O)c1cccc(Nc2cc(Cl)ncc2I)n1. The van der Waals surface area contributed by atoms with Gasteiger partial charge in [-0.2, -0.15) is 0 Å². The van der Waals surface area contributed by atoms with E-state index in [1.807, 2.05) is 12.1 Å². The first kappa shape index (κ1) is 14.5. The van der Waals surface area contributed by atoms with Crippen molar-refractivity contribution < 1.29 is 5.11 Å². The molecule has 2 aromatic rings. The molecule has 19 heavy (non-hydrogen) atoms. The molecule has 2 N–H and O–H groups in total. The second-order valence-electron chi connectivity index (χ2n) is 4.58. The predicted molar refractivity (Wildman–Crippen MR) is 84.7 cm³/mol. The Kier molecular flexibility index (Phi) is 4.27. The highest BCUT2D eigenvalue weighted by Gasteiger charge is 2.17. The van der Waals surface area contributed by atoms with Crippen LogP contribution in [0.4, 0.5) is 11.5 Å². The number of hydrogen-bond donors (Lipinski definition) is 2. The number of pyridine rings is 2. The van der Waals surface area contributed by atoms with Crippen molar-refractivity contribution in [3.63, 3.8) is 0 Å². The van der Waals surface area contributed by atoms with Gasteiger partial charge in [-0.25, -0.2) is 9.97 Å². The normalized spacial score (nSPS) is 11.4. The highest BCUT2D eigenvalue weighted by molar-refractivity contribution is 14.1. The summed E-state index contributed by atoms with van der Waals surface area (Å²) in [7, 11) is 0. The van der Waals surface area contributed by atoms with Crippen molar-refractivity contribution >= 4 is 45.7 Å². The van der Waals surface area contributed by atoms with Crippen LogP contribution in [0, 0.1) is 3.57 Å². The Morgan fingerprint density at radius 3 is 2.79 bits per heavy atom. The average Bonchev–Trinajstić information content (AvgIpc) is 2.33. The highest BCUT2D eigenvalue weighted by Crippen LogP contribution is 2.25. The zero-order chi connectivity index (χ0) is 14.0. The van der Waals surface area contributed by atoms with E-state index in [0.29, 0.717) is 16.7 Å². The Morgan fingerprint density at radius 1 is 1.37 bits per heavy atom. The molecule has 0 aliphatic heterocycles. The maximum atomic E-state index is 9.96. The van der Waals surface area contributed by atoms with E-state index >= 15 is 0 Å². The van der Waals surface area contributed by atoms with Crippen LogP contribution < -0.4 is 5.32 Å². The Bertz CT molecular complexity index is 599. The molecule has 100 valence electrons. The van der Waals surface area contributed by atoms with Gasteiger partial charge in [0.2, 0.25) is 0 Å². The van der Waals surface area contributed by atoms with Crippen LogP contribution in [0.5, 0.6) is 0 Å². The van der Waals surface area contributed by atoms with E-state index in [0.717, 1.165) is 9.26 Å². The standard InChI is InChI=1S/C13H13ClIN3O/c1-13(2,19)10-4-3-5-12(18-10)17-9-6-11(14)16-7-8(9)15/h3-7,19H,1-2H3,(H,16,17,18). The van der Waals surface area contributed by atoms with E-state index < -0.39 is 5.60 Å². The maximum Gasteiger partial charge on any atom is 0.131 e. The largest absolute Gasteiger partial charge is 0.384 e. The van der Waals surface area contributed by atoms with E-state index in [1.165, 1.54) is 0 Å². The summed E-state index contributed by atoms with van der Waals surface area (Å²) in [6, 6.07) is 7.20. The van der Waals surface area contributed by atoms with E-state index in [-0.39, 0.29) is 0 Å². The third-order valence-electron chi connectivity index (χ3n) is 2.46. The number of aromatic nitrogens is 2. The van der Waals surface area contributed by atoms with Crippen LogP contribution in [-0.4, -0.2) is 15.1 Å². The van der Waals surface area contributed by atoms with Crippen LogP contribution >= 0.6 is 34.2 Å². The molecule has 0 saturated carbocycles. The van der Waals surface area contributed by atoms with Gasteiger partial charge in [-0.1, -0.05) is 17.7 Å². The number of anilines is 2. The number of rotatable bonds is 3. The number of nitrogens with one attached hydrogen (secondary N) is 1. The van der Waals surface area contributed by atoms with Crippen LogP contribution in [0.2, 0.25) is 5.15 Å². The minimum Gasteiger partial charge on any atom is -0.384 e. The van der Waals surface area contributed by atoms with E-state index in [2.05, 4.69) is 37.9 Å². The summed E-state index contributed by atoms with van der Waals surface area (Å²) in [6.07, 6.45) is 1.69. The molecular weight excluding hydrogens is 377 g/mol. The number of hydrogen-bond acceptors (Lipinski definition) is 4. The third-order valence-corrected chi connectivity index (χ3v) is 3.53. The molecule has 0 unspecified atom stereocenters. The monoisotopic (exact) mass is 389 g/mol. The lowest BCUT2D eigenvalue weighted by Crippen LogP contribution is -2.17. The van der Waals surface area contributed by atoms with Gasteiger partial charge < -0.3 is 10.4 Å². The zero-order valence-corrected chi connectivity index (χ0v) is 13.4. The molecular formula is C13H13ClIN3O. The second kappa shape index (κ2) is 5.60.